The second-order valence-electron chi connectivity index (χ2n) is 8.40. The Hall–Kier alpha value is -3.85. The number of ether oxygens (including phenoxy) is 3. The van der Waals surface area contributed by atoms with Crippen LogP contribution in [0.15, 0.2) is 63.5 Å². The number of methoxy groups -OCH3 is 1. The van der Waals surface area contributed by atoms with Gasteiger partial charge in [0.2, 0.25) is 0 Å². The Morgan fingerprint density at radius 1 is 1.19 bits per heavy atom. The maximum atomic E-state index is 13.8. The Bertz CT molecular complexity index is 1520. The number of aromatic nitrogens is 1. The largest absolute Gasteiger partial charge is 0.504 e. The molecule has 1 unspecified atom stereocenters. The number of hydrogen-bond donors (Lipinski definition) is 1. The molecule has 188 valence electrons. The van der Waals surface area contributed by atoms with Crippen molar-refractivity contribution >= 4 is 23.4 Å². The molecular formula is C27H28N2O6S. The number of thiazole rings is 1. The molecule has 0 saturated heterocycles. The highest BCUT2D eigenvalue weighted by atomic mass is 32.1. The lowest BCUT2D eigenvalue weighted by Gasteiger charge is -2.26. The van der Waals surface area contributed by atoms with Gasteiger partial charge in [-0.1, -0.05) is 41.7 Å². The van der Waals surface area contributed by atoms with Crippen LogP contribution in [0, 0.1) is 0 Å². The maximum absolute atomic E-state index is 13.8. The SMILES string of the molecule is CCOC(=O)C1=C(C)N=c2s/c(=C\c3cccc(OC)c3O)c(=O)n2C1c1ccccc1OC(C)C. The summed E-state index contributed by atoms with van der Waals surface area (Å²) in [6.07, 6.45) is 1.48. The minimum absolute atomic E-state index is 0.0681. The third-order valence-electron chi connectivity index (χ3n) is 5.63. The highest BCUT2D eigenvalue weighted by Gasteiger charge is 2.35. The van der Waals surface area contributed by atoms with Gasteiger partial charge < -0.3 is 19.3 Å². The van der Waals surface area contributed by atoms with Crippen molar-refractivity contribution < 1.29 is 24.1 Å². The summed E-state index contributed by atoms with van der Waals surface area (Å²) in [6.45, 7) is 7.48. The number of hydrogen-bond acceptors (Lipinski definition) is 8. The molecule has 1 N–H and O–H groups in total. The van der Waals surface area contributed by atoms with E-state index in [2.05, 4.69) is 4.99 Å². The van der Waals surface area contributed by atoms with Gasteiger partial charge in [-0.15, -0.1) is 0 Å². The van der Waals surface area contributed by atoms with Gasteiger partial charge >= 0.3 is 5.97 Å². The first-order chi connectivity index (χ1) is 17.3. The van der Waals surface area contributed by atoms with Crippen LogP contribution in [0.4, 0.5) is 0 Å². The number of phenolic OH excluding ortho intramolecular Hbond substituents is 1. The van der Waals surface area contributed by atoms with E-state index in [-0.39, 0.29) is 29.6 Å². The molecule has 9 heteroatoms. The topological polar surface area (TPSA) is 99.4 Å². The van der Waals surface area contributed by atoms with Crippen molar-refractivity contribution in [3.8, 4) is 17.2 Å². The van der Waals surface area contributed by atoms with Crippen molar-refractivity contribution in [1.29, 1.82) is 0 Å². The van der Waals surface area contributed by atoms with E-state index in [1.54, 1.807) is 38.1 Å². The van der Waals surface area contributed by atoms with E-state index in [4.69, 9.17) is 14.2 Å². The summed E-state index contributed by atoms with van der Waals surface area (Å²) in [4.78, 5) is 31.9. The number of rotatable bonds is 7. The minimum atomic E-state index is -0.795. The molecule has 2 heterocycles. The zero-order valence-corrected chi connectivity index (χ0v) is 21.6. The molecule has 1 atom stereocenters. The fourth-order valence-electron chi connectivity index (χ4n) is 4.12. The van der Waals surface area contributed by atoms with Gasteiger partial charge in [-0.25, -0.2) is 9.79 Å². The lowest BCUT2D eigenvalue weighted by Crippen LogP contribution is -2.40. The van der Waals surface area contributed by atoms with Crippen molar-refractivity contribution in [1.82, 2.24) is 4.57 Å². The molecule has 3 aromatic rings. The monoisotopic (exact) mass is 508 g/mol. The lowest BCUT2D eigenvalue weighted by molar-refractivity contribution is -0.139. The Morgan fingerprint density at radius 2 is 1.92 bits per heavy atom. The fourth-order valence-corrected chi connectivity index (χ4v) is 5.15. The predicted octanol–water partition coefficient (Wildman–Crippen LogP) is 3.30. The summed E-state index contributed by atoms with van der Waals surface area (Å²) in [5, 5.41) is 10.5. The lowest BCUT2D eigenvalue weighted by atomic mass is 9.95. The van der Waals surface area contributed by atoms with Crippen LogP contribution in [0.3, 0.4) is 0 Å². The number of benzene rings is 2. The third kappa shape index (κ3) is 4.66. The van der Waals surface area contributed by atoms with Gasteiger partial charge in [-0.2, -0.15) is 0 Å². The average molecular weight is 509 g/mol. The number of allylic oxidation sites excluding steroid dienone is 1. The maximum Gasteiger partial charge on any atom is 0.338 e. The Morgan fingerprint density at radius 3 is 2.61 bits per heavy atom. The van der Waals surface area contributed by atoms with E-state index in [9.17, 15) is 14.7 Å². The summed E-state index contributed by atoms with van der Waals surface area (Å²) in [5.74, 6) is 0.257. The van der Waals surface area contributed by atoms with Gasteiger partial charge in [0.25, 0.3) is 5.56 Å². The highest BCUT2D eigenvalue weighted by molar-refractivity contribution is 7.07. The van der Waals surface area contributed by atoms with E-state index in [0.29, 0.717) is 37.7 Å². The first-order valence-corrected chi connectivity index (χ1v) is 12.4. The van der Waals surface area contributed by atoms with Gasteiger partial charge in [0.05, 0.1) is 35.6 Å². The molecule has 0 radical (unpaired) electrons. The number of carbonyl (C=O) groups excluding carboxylic acids is 1. The molecule has 36 heavy (non-hydrogen) atoms. The molecule has 0 fully saturated rings. The molecule has 1 aliphatic heterocycles. The van der Waals surface area contributed by atoms with Gasteiger partial charge in [0.15, 0.2) is 16.3 Å². The van der Waals surface area contributed by atoms with E-state index < -0.39 is 12.0 Å². The molecule has 0 bridgehead atoms. The Labute approximate surface area is 212 Å². The van der Waals surface area contributed by atoms with Gasteiger partial charge in [-0.05, 0) is 45.9 Å². The number of fused-ring (bicyclic) bond motifs is 1. The normalized spacial score (nSPS) is 15.5. The molecule has 0 aliphatic carbocycles. The van der Waals surface area contributed by atoms with Crippen LogP contribution < -0.4 is 24.4 Å². The smallest absolute Gasteiger partial charge is 0.338 e. The first kappa shape index (κ1) is 25.2. The zero-order valence-electron chi connectivity index (χ0n) is 20.8. The molecule has 8 nitrogen and oxygen atoms in total. The van der Waals surface area contributed by atoms with Crippen molar-refractivity contribution in [2.45, 2.75) is 39.8 Å². The van der Waals surface area contributed by atoms with Crippen LogP contribution in [0.1, 0.15) is 44.9 Å². The molecule has 1 aliphatic rings. The third-order valence-corrected chi connectivity index (χ3v) is 6.61. The molecule has 0 spiro atoms. The second-order valence-corrected chi connectivity index (χ2v) is 9.41. The van der Waals surface area contributed by atoms with Gasteiger partial charge in [0.1, 0.15) is 11.8 Å². The van der Waals surface area contributed by atoms with E-state index >= 15 is 0 Å². The van der Waals surface area contributed by atoms with Crippen molar-refractivity contribution in [2.24, 2.45) is 4.99 Å². The highest BCUT2D eigenvalue weighted by Crippen LogP contribution is 2.36. The van der Waals surface area contributed by atoms with Gasteiger partial charge in [0, 0.05) is 11.1 Å². The van der Waals surface area contributed by atoms with E-state index in [0.717, 1.165) is 0 Å². The predicted molar refractivity (Wildman–Crippen MR) is 137 cm³/mol. The second kappa shape index (κ2) is 10.4. The first-order valence-electron chi connectivity index (χ1n) is 11.6. The van der Waals surface area contributed by atoms with Crippen LogP contribution in [0.2, 0.25) is 0 Å². The number of carbonyl (C=O) groups is 1. The van der Waals surface area contributed by atoms with Crippen LogP contribution in [-0.4, -0.2) is 35.5 Å². The summed E-state index contributed by atoms with van der Waals surface area (Å²) >= 11 is 1.18. The zero-order chi connectivity index (χ0) is 26.0. The number of para-hydroxylation sites is 2. The molecular weight excluding hydrogens is 480 g/mol. The standard InChI is InChI=1S/C27H28N2O6S/c1-6-34-26(32)22-16(4)28-27-29(23(22)18-11-7-8-12-19(18)35-15(2)3)25(31)21(36-27)14-17-10-9-13-20(33-5)24(17)30/h7-15,23,30H,6H2,1-5H3/b21-14-. The molecule has 1 aromatic heterocycles. The Kier molecular flexibility index (Phi) is 7.30. The average Bonchev–Trinajstić information content (AvgIpc) is 3.14. The Balaban J connectivity index is 1.99. The number of nitrogens with zero attached hydrogens (tertiary/aromatic N) is 2. The van der Waals surface area contributed by atoms with Crippen LogP contribution in [0.25, 0.3) is 6.08 Å². The van der Waals surface area contributed by atoms with Crippen molar-refractivity contribution in [3.05, 3.63) is 84.5 Å². The quantitative estimate of drug-likeness (QED) is 0.492. The number of phenols is 1. The van der Waals surface area contributed by atoms with Crippen LogP contribution in [-0.2, 0) is 9.53 Å². The molecule has 0 saturated carbocycles. The molecule has 0 amide bonds. The van der Waals surface area contributed by atoms with Gasteiger partial charge in [-0.3, -0.25) is 9.36 Å². The summed E-state index contributed by atoms with van der Waals surface area (Å²) in [6, 6.07) is 11.6. The van der Waals surface area contributed by atoms with Crippen LogP contribution >= 0.6 is 11.3 Å². The minimum Gasteiger partial charge on any atom is -0.504 e. The van der Waals surface area contributed by atoms with Crippen LogP contribution in [0.5, 0.6) is 17.2 Å². The van der Waals surface area contributed by atoms with E-state index in [1.165, 1.54) is 23.0 Å². The summed E-state index contributed by atoms with van der Waals surface area (Å²) in [7, 11) is 1.46. The fraction of sp³-hybridized carbons (Fsp3) is 0.296. The molecule has 4 rings (SSSR count). The summed E-state index contributed by atoms with van der Waals surface area (Å²) < 4.78 is 18.4. The van der Waals surface area contributed by atoms with Crippen molar-refractivity contribution in [2.75, 3.05) is 13.7 Å². The van der Waals surface area contributed by atoms with E-state index in [1.807, 2.05) is 38.1 Å². The number of aromatic hydroxyl groups is 1. The molecule has 2 aromatic carbocycles. The number of esters is 1. The van der Waals surface area contributed by atoms with Crippen molar-refractivity contribution in [3.63, 3.8) is 0 Å². The summed E-state index contributed by atoms with van der Waals surface area (Å²) in [5.41, 5.74) is 1.48.